The number of benzene rings is 1. The Bertz CT molecular complexity index is 802. The predicted octanol–water partition coefficient (Wildman–Crippen LogP) is 2.89. The number of hydrogen-bond donors (Lipinski definition) is 2. The molecule has 1 aliphatic carbocycles. The van der Waals surface area contributed by atoms with Gasteiger partial charge in [-0.25, -0.2) is 4.98 Å². The van der Waals surface area contributed by atoms with Crippen molar-refractivity contribution in [2.24, 2.45) is 0 Å². The van der Waals surface area contributed by atoms with Crippen molar-refractivity contribution >= 4 is 22.4 Å². The molecule has 1 aromatic carbocycles. The third-order valence-electron chi connectivity index (χ3n) is 4.86. The van der Waals surface area contributed by atoms with Crippen molar-refractivity contribution in [2.75, 3.05) is 12.5 Å². The largest absolute Gasteiger partial charge is 0.490 e. The molecule has 144 valence electrons. The SMILES string of the molecule is Nc1nc(CCC(=O)NC2CCC(Oc3ccc4c(c3)OCO4)CC2)cs1. The zero-order valence-corrected chi connectivity index (χ0v) is 15.8. The molecule has 27 heavy (non-hydrogen) atoms. The highest BCUT2D eigenvalue weighted by molar-refractivity contribution is 7.13. The van der Waals surface area contributed by atoms with Gasteiger partial charge in [0.2, 0.25) is 12.7 Å². The highest BCUT2D eigenvalue weighted by Gasteiger charge is 2.24. The number of aromatic nitrogens is 1. The molecule has 7 nitrogen and oxygen atoms in total. The highest BCUT2D eigenvalue weighted by atomic mass is 32.1. The average Bonchev–Trinajstić information content (AvgIpc) is 3.30. The van der Waals surface area contributed by atoms with E-state index >= 15 is 0 Å². The van der Waals surface area contributed by atoms with Crippen molar-refractivity contribution < 1.29 is 19.0 Å². The minimum atomic E-state index is 0.0710. The van der Waals surface area contributed by atoms with Crippen molar-refractivity contribution in [3.05, 3.63) is 29.3 Å². The van der Waals surface area contributed by atoms with Crippen LogP contribution in [0.2, 0.25) is 0 Å². The number of anilines is 1. The first-order valence-corrected chi connectivity index (χ1v) is 10.1. The summed E-state index contributed by atoms with van der Waals surface area (Å²) in [6.45, 7) is 0.263. The molecule has 0 bridgehead atoms. The van der Waals surface area contributed by atoms with Crippen LogP contribution in [0.1, 0.15) is 37.8 Å². The number of aryl methyl sites for hydroxylation is 1. The van der Waals surface area contributed by atoms with Crippen LogP contribution in [0, 0.1) is 0 Å². The molecule has 1 saturated carbocycles. The van der Waals surface area contributed by atoms with Gasteiger partial charge in [-0.1, -0.05) is 0 Å². The van der Waals surface area contributed by atoms with Crippen LogP contribution >= 0.6 is 11.3 Å². The number of nitrogens with two attached hydrogens (primary N) is 1. The van der Waals surface area contributed by atoms with E-state index in [4.69, 9.17) is 19.9 Å². The van der Waals surface area contributed by atoms with Crippen LogP contribution in [0.4, 0.5) is 5.13 Å². The Kier molecular flexibility index (Phi) is 5.33. The van der Waals surface area contributed by atoms with E-state index < -0.39 is 0 Å². The number of carbonyl (C=O) groups is 1. The van der Waals surface area contributed by atoms with Crippen LogP contribution in [0.5, 0.6) is 17.2 Å². The maximum absolute atomic E-state index is 12.1. The summed E-state index contributed by atoms with van der Waals surface area (Å²) >= 11 is 1.41. The summed E-state index contributed by atoms with van der Waals surface area (Å²) in [6, 6.07) is 5.88. The number of nitrogens with one attached hydrogen (secondary N) is 1. The van der Waals surface area contributed by atoms with Crippen molar-refractivity contribution in [2.45, 2.75) is 50.7 Å². The van der Waals surface area contributed by atoms with Crippen molar-refractivity contribution in [1.82, 2.24) is 10.3 Å². The van der Waals surface area contributed by atoms with Gasteiger partial charge in [0.05, 0.1) is 11.8 Å². The molecular weight excluding hydrogens is 366 g/mol. The molecule has 2 heterocycles. The van der Waals surface area contributed by atoms with E-state index in [9.17, 15) is 4.79 Å². The van der Waals surface area contributed by atoms with Gasteiger partial charge >= 0.3 is 0 Å². The number of amides is 1. The lowest BCUT2D eigenvalue weighted by molar-refractivity contribution is -0.122. The molecule has 0 atom stereocenters. The fourth-order valence-electron chi connectivity index (χ4n) is 3.45. The Morgan fingerprint density at radius 2 is 2.07 bits per heavy atom. The van der Waals surface area contributed by atoms with Crippen LogP contribution in [0.25, 0.3) is 0 Å². The standard InChI is InChI=1S/C19H23N3O4S/c20-19-22-13(10-27-19)3-8-18(23)21-12-1-4-14(5-2-12)26-15-6-7-16-17(9-15)25-11-24-16/h6-7,9-10,12,14H,1-5,8,11H2,(H2,20,22)(H,21,23). The van der Waals surface area contributed by atoms with Gasteiger partial charge in [0.25, 0.3) is 0 Å². The Balaban J connectivity index is 1.19. The normalized spacial score (nSPS) is 21.0. The summed E-state index contributed by atoms with van der Waals surface area (Å²) in [5.74, 6) is 2.36. The molecule has 2 aromatic rings. The fraction of sp³-hybridized carbons (Fsp3) is 0.474. The van der Waals surface area contributed by atoms with E-state index in [1.807, 2.05) is 23.6 Å². The lowest BCUT2D eigenvalue weighted by Gasteiger charge is -2.29. The number of nitrogens with zero attached hydrogens (tertiary/aromatic N) is 1. The Morgan fingerprint density at radius 1 is 1.26 bits per heavy atom. The molecule has 0 spiro atoms. The van der Waals surface area contributed by atoms with Crippen molar-refractivity contribution in [3.8, 4) is 17.2 Å². The van der Waals surface area contributed by atoms with Gasteiger partial charge in [0, 0.05) is 23.9 Å². The number of rotatable bonds is 6. The van der Waals surface area contributed by atoms with Crippen LogP contribution in [-0.4, -0.2) is 29.8 Å². The van der Waals surface area contributed by atoms with Gasteiger partial charge in [0.1, 0.15) is 5.75 Å². The number of hydrogen-bond acceptors (Lipinski definition) is 7. The number of carbonyl (C=O) groups excluding carboxylic acids is 1. The van der Waals surface area contributed by atoms with Gasteiger partial charge in [-0.05, 0) is 44.2 Å². The maximum Gasteiger partial charge on any atom is 0.231 e. The zero-order valence-electron chi connectivity index (χ0n) is 15.0. The zero-order chi connectivity index (χ0) is 18.6. The summed E-state index contributed by atoms with van der Waals surface area (Å²) in [5.41, 5.74) is 6.49. The summed E-state index contributed by atoms with van der Waals surface area (Å²) in [7, 11) is 0. The van der Waals surface area contributed by atoms with Gasteiger partial charge in [-0.3, -0.25) is 4.79 Å². The molecular formula is C19H23N3O4S. The first-order valence-electron chi connectivity index (χ1n) is 9.21. The second-order valence-corrected chi connectivity index (χ2v) is 7.74. The molecule has 1 fully saturated rings. The summed E-state index contributed by atoms with van der Waals surface area (Å²) in [5, 5.41) is 5.58. The van der Waals surface area contributed by atoms with Gasteiger partial charge < -0.3 is 25.3 Å². The highest BCUT2D eigenvalue weighted by Crippen LogP contribution is 2.36. The monoisotopic (exact) mass is 389 g/mol. The minimum absolute atomic E-state index is 0.0710. The fourth-order valence-corrected chi connectivity index (χ4v) is 4.04. The van der Waals surface area contributed by atoms with E-state index in [1.54, 1.807) is 0 Å². The number of ether oxygens (including phenoxy) is 3. The van der Waals surface area contributed by atoms with E-state index in [1.165, 1.54) is 11.3 Å². The molecule has 0 unspecified atom stereocenters. The van der Waals surface area contributed by atoms with Crippen molar-refractivity contribution in [1.29, 1.82) is 0 Å². The lowest BCUT2D eigenvalue weighted by Crippen LogP contribution is -2.39. The smallest absolute Gasteiger partial charge is 0.231 e. The van der Waals surface area contributed by atoms with Gasteiger partial charge in [0.15, 0.2) is 16.6 Å². The average molecular weight is 389 g/mol. The molecule has 3 N–H and O–H groups in total. The molecule has 0 saturated heterocycles. The lowest BCUT2D eigenvalue weighted by atomic mass is 9.92. The maximum atomic E-state index is 12.1. The van der Waals surface area contributed by atoms with Gasteiger partial charge in [-0.2, -0.15) is 0 Å². The number of fused-ring (bicyclic) bond motifs is 1. The van der Waals surface area contributed by atoms with Crippen LogP contribution < -0.4 is 25.3 Å². The minimum Gasteiger partial charge on any atom is -0.490 e. The number of thiazole rings is 1. The van der Waals surface area contributed by atoms with E-state index in [2.05, 4.69) is 10.3 Å². The summed E-state index contributed by atoms with van der Waals surface area (Å²) < 4.78 is 16.8. The molecule has 1 aromatic heterocycles. The molecule has 8 heteroatoms. The van der Waals surface area contributed by atoms with Crippen LogP contribution in [-0.2, 0) is 11.2 Å². The second kappa shape index (κ2) is 8.04. The second-order valence-electron chi connectivity index (χ2n) is 6.85. The molecule has 1 amide bonds. The first kappa shape index (κ1) is 17.9. The third kappa shape index (κ3) is 4.63. The number of nitrogen functional groups attached to an aromatic ring is 1. The Labute approximate surface area is 161 Å². The molecule has 4 rings (SSSR count). The Hall–Kier alpha value is -2.48. The van der Waals surface area contributed by atoms with Crippen LogP contribution in [0.3, 0.4) is 0 Å². The third-order valence-corrected chi connectivity index (χ3v) is 5.59. The molecule has 0 radical (unpaired) electrons. The summed E-state index contributed by atoms with van der Waals surface area (Å²) in [4.78, 5) is 16.3. The Morgan fingerprint density at radius 3 is 2.85 bits per heavy atom. The first-order chi connectivity index (χ1) is 13.2. The predicted molar refractivity (Wildman–Crippen MR) is 102 cm³/mol. The quantitative estimate of drug-likeness (QED) is 0.789. The summed E-state index contributed by atoms with van der Waals surface area (Å²) in [6.07, 6.45) is 4.91. The van der Waals surface area contributed by atoms with E-state index in [-0.39, 0.29) is 24.8 Å². The topological polar surface area (TPSA) is 95.7 Å². The van der Waals surface area contributed by atoms with E-state index in [0.717, 1.165) is 48.6 Å². The van der Waals surface area contributed by atoms with E-state index in [0.29, 0.717) is 18.0 Å². The van der Waals surface area contributed by atoms with Crippen molar-refractivity contribution in [3.63, 3.8) is 0 Å². The van der Waals surface area contributed by atoms with Gasteiger partial charge in [-0.15, -0.1) is 11.3 Å². The molecule has 2 aliphatic rings. The molecule has 1 aliphatic heterocycles. The van der Waals surface area contributed by atoms with Crippen LogP contribution in [0.15, 0.2) is 23.6 Å².